The Bertz CT molecular complexity index is 427. The number of aromatic amines is 1. The Hall–Kier alpha value is -1.85. The molecule has 0 aliphatic rings. The molecule has 0 atom stereocenters. The molecule has 0 unspecified atom stereocenters. The van der Waals surface area contributed by atoms with Gasteiger partial charge in [-0.25, -0.2) is 4.98 Å². The summed E-state index contributed by atoms with van der Waals surface area (Å²) in [4.78, 5) is 31.0. The van der Waals surface area contributed by atoms with Gasteiger partial charge >= 0.3 is 0 Å². The van der Waals surface area contributed by atoms with Crippen LogP contribution in [0.1, 0.15) is 20.8 Å². The van der Waals surface area contributed by atoms with E-state index in [-0.39, 0.29) is 24.1 Å². The number of hydrogen-bond donors (Lipinski definition) is 2. The molecule has 0 spiro atoms. The van der Waals surface area contributed by atoms with E-state index in [1.165, 1.54) is 12.4 Å². The third kappa shape index (κ3) is 4.26. The van der Waals surface area contributed by atoms with Gasteiger partial charge in [0.15, 0.2) is 0 Å². The van der Waals surface area contributed by atoms with Crippen LogP contribution in [-0.2, 0) is 4.79 Å². The van der Waals surface area contributed by atoms with Gasteiger partial charge < -0.3 is 15.2 Å². The predicted octanol–water partition coefficient (Wildman–Crippen LogP) is 0.121. The molecule has 2 N–H and O–H groups in total. The van der Waals surface area contributed by atoms with Gasteiger partial charge in [-0.2, -0.15) is 0 Å². The second-order valence-electron chi connectivity index (χ2n) is 4.01. The largest absolute Gasteiger partial charge is 0.352 e. The van der Waals surface area contributed by atoms with E-state index in [1.54, 1.807) is 4.90 Å². The molecular formula is C11H18N4O2. The van der Waals surface area contributed by atoms with E-state index in [4.69, 9.17) is 0 Å². The minimum atomic E-state index is -0.224. The zero-order valence-electron chi connectivity index (χ0n) is 10.4. The van der Waals surface area contributed by atoms with E-state index in [9.17, 15) is 9.59 Å². The topological polar surface area (TPSA) is 78.1 Å². The van der Waals surface area contributed by atoms with Crippen molar-refractivity contribution in [2.24, 2.45) is 0 Å². The van der Waals surface area contributed by atoms with Crippen LogP contribution in [0.5, 0.6) is 0 Å². The van der Waals surface area contributed by atoms with E-state index < -0.39 is 0 Å². The van der Waals surface area contributed by atoms with Crippen LogP contribution in [0.4, 0.5) is 5.82 Å². The highest BCUT2D eigenvalue weighted by Crippen LogP contribution is 2.04. The molecule has 1 heterocycles. The molecule has 6 heteroatoms. The van der Waals surface area contributed by atoms with Gasteiger partial charge in [0, 0.05) is 18.7 Å². The third-order valence-electron chi connectivity index (χ3n) is 2.15. The lowest BCUT2D eigenvalue weighted by molar-refractivity contribution is -0.120. The van der Waals surface area contributed by atoms with E-state index >= 15 is 0 Å². The number of rotatable bonds is 5. The molecular weight excluding hydrogens is 220 g/mol. The van der Waals surface area contributed by atoms with Gasteiger partial charge in [0.05, 0.1) is 12.9 Å². The fourth-order valence-electron chi connectivity index (χ4n) is 1.43. The monoisotopic (exact) mass is 238 g/mol. The number of anilines is 1. The van der Waals surface area contributed by atoms with Gasteiger partial charge in [0.2, 0.25) is 5.91 Å². The number of amides is 1. The van der Waals surface area contributed by atoms with Gasteiger partial charge in [0.1, 0.15) is 5.82 Å². The first-order chi connectivity index (χ1) is 8.02. The van der Waals surface area contributed by atoms with Crippen LogP contribution in [0.2, 0.25) is 0 Å². The standard InChI is InChI=1S/C11H18N4O2/c1-4-15(6-11(17)14-8(2)3)9-5-10(16)13-7-12-9/h5,7-8H,4,6H2,1-3H3,(H,14,17)(H,12,13,16). The second kappa shape index (κ2) is 6.03. The van der Waals surface area contributed by atoms with Gasteiger partial charge in [-0.05, 0) is 20.8 Å². The Kier molecular flexibility index (Phi) is 4.68. The molecule has 94 valence electrons. The summed E-state index contributed by atoms with van der Waals surface area (Å²) in [6, 6.07) is 1.49. The van der Waals surface area contributed by atoms with Crippen molar-refractivity contribution in [1.82, 2.24) is 15.3 Å². The summed E-state index contributed by atoms with van der Waals surface area (Å²) >= 11 is 0. The summed E-state index contributed by atoms with van der Waals surface area (Å²) < 4.78 is 0. The van der Waals surface area contributed by atoms with E-state index in [0.29, 0.717) is 12.4 Å². The normalized spacial score (nSPS) is 10.4. The number of likely N-dealkylation sites (N-methyl/N-ethyl adjacent to an activating group) is 1. The molecule has 0 fully saturated rings. The highest BCUT2D eigenvalue weighted by Gasteiger charge is 2.11. The zero-order chi connectivity index (χ0) is 12.8. The van der Waals surface area contributed by atoms with Crippen LogP contribution >= 0.6 is 0 Å². The van der Waals surface area contributed by atoms with Crippen molar-refractivity contribution in [3.8, 4) is 0 Å². The molecule has 17 heavy (non-hydrogen) atoms. The molecule has 1 aromatic heterocycles. The van der Waals surface area contributed by atoms with Crippen LogP contribution in [0.15, 0.2) is 17.2 Å². The van der Waals surface area contributed by atoms with Gasteiger partial charge in [-0.1, -0.05) is 0 Å². The summed E-state index contributed by atoms with van der Waals surface area (Å²) in [7, 11) is 0. The Morgan fingerprint density at radius 3 is 2.82 bits per heavy atom. The molecule has 0 aliphatic carbocycles. The number of nitrogens with one attached hydrogen (secondary N) is 2. The van der Waals surface area contributed by atoms with Crippen molar-refractivity contribution >= 4 is 11.7 Å². The fraction of sp³-hybridized carbons (Fsp3) is 0.545. The molecule has 0 bridgehead atoms. The first kappa shape index (κ1) is 13.2. The third-order valence-corrected chi connectivity index (χ3v) is 2.15. The molecule has 1 aromatic rings. The summed E-state index contributed by atoms with van der Waals surface area (Å²) in [5.41, 5.74) is -0.224. The minimum absolute atomic E-state index is 0.0797. The summed E-state index contributed by atoms with van der Waals surface area (Å²) in [6.07, 6.45) is 1.33. The van der Waals surface area contributed by atoms with Crippen molar-refractivity contribution in [2.45, 2.75) is 26.8 Å². The fourth-order valence-corrected chi connectivity index (χ4v) is 1.43. The first-order valence-electron chi connectivity index (χ1n) is 5.62. The van der Waals surface area contributed by atoms with E-state index in [0.717, 1.165) is 0 Å². The SMILES string of the molecule is CCN(CC(=O)NC(C)C)c1cc(=O)[nH]cn1. The summed E-state index contributed by atoms with van der Waals surface area (Å²) in [5, 5.41) is 2.80. The van der Waals surface area contributed by atoms with Crippen molar-refractivity contribution in [1.29, 1.82) is 0 Å². The Morgan fingerprint density at radius 1 is 1.59 bits per heavy atom. The van der Waals surface area contributed by atoms with Crippen LogP contribution < -0.4 is 15.8 Å². The van der Waals surface area contributed by atoms with Crippen molar-refractivity contribution in [2.75, 3.05) is 18.0 Å². The average Bonchev–Trinajstić information content (AvgIpc) is 2.24. The smallest absolute Gasteiger partial charge is 0.252 e. The van der Waals surface area contributed by atoms with E-state index in [2.05, 4.69) is 15.3 Å². The molecule has 0 radical (unpaired) electrons. The minimum Gasteiger partial charge on any atom is -0.352 e. The van der Waals surface area contributed by atoms with E-state index in [1.807, 2.05) is 20.8 Å². The van der Waals surface area contributed by atoms with Crippen LogP contribution in [-0.4, -0.2) is 35.0 Å². The molecule has 0 saturated carbocycles. The maximum absolute atomic E-state index is 11.6. The number of aromatic nitrogens is 2. The summed E-state index contributed by atoms with van der Waals surface area (Å²) in [5.74, 6) is 0.430. The van der Waals surface area contributed by atoms with Gasteiger partial charge in [-0.15, -0.1) is 0 Å². The number of hydrogen-bond acceptors (Lipinski definition) is 4. The van der Waals surface area contributed by atoms with Crippen molar-refractivity contribution < 1.29 is 4.79 Å². The predicted molar refractivity (Wildman–Crippen MR) is 66.0 cm³/mol. The lowest BCUT2D eigenvalue weighted by Gasteiger charge is -2.21. The lowest BCUT2D eigenvalue weighted by Crippen LogP contribution is -2.40. The zero-order valence-corrected chi connectivity index (χ0v) is 10.4. The van der Waals surface area contributed by atoms with Gasteiger partial charge in [0.25, 0.3) is 5.56 Å². The van der Waals surface area contributed by atoms with Crippen LogP contribution in [0.25, 0.3) is 0 Å². The number of H-pyrrole nitrogens is 1. The second-order valence-corrected chi connectivity index (χ2v) is 4.01. The number of nitrogens with zero attached hydrogens (tertiary/aromatic N) is 2. The molecule has 0 aromatic carbocycles. The highest BCUT2D eigenvalue weighted by molar-refractivity contribution is 5.81. The molecule has 1 amide bonds. The van der Waals surface area contributed by atoms with Crippen molar-refractivity contribution in [3.63, 3.8) is 0 Å². The molecule has 6 nitrogen and oxygen atoms in total. The number of carbonyl (C=O) groups excluding carboxylic acids is 1. The molecule has 1 rings (SSSR count). The number of carbonyl (C=O) groups is 1. The quantitative estimate of drug-likeness (QED) is 0.764. The van der Waals surface area contributed by atoms with Crippen LogP contribution in [0, 0.1) is 0 Å². The Morgan fingerprint density at radius 2 is 2.29 bits per heavy atom. The summed E-state index contributed by atoms with van der Waals surface area (Å²) in [6.45, 7) is 6.53. The van der Waals surface area contributed by atoms with Crippen molar-refractivity contribution in [3.05, 3.63) is 22.7 Å². The average molecular weight is 238 g/mol. The lowest BCUT2D eigenvalue weighted by atomic mass is 10.3. The van der Waals surface area contributed by atoms with Gasteiger partial charge in [-0.3, -0.25) is 9.59 Å². The van der Waals surface area contributed by atoms with Crippen LogP contribution in [0.3, 0.4) is 0 Å². The highest BCUT2D eigenvalue weighted by atomic mass is 16.2. The molecule has 0 saturated heterocycles. The molecule has 0 aliphatic heterocycles. The Balaban J connectivity index is 2.72. The maximum Gasteiger partial charge on any atom is 0.252 e. The Labute approximate surface area is 100 Å². The maximum atomic E-state index is 11.6. The first-order valence-corrected chi connectivity index (χ1v) is 5.62.